The minimum absolute atomic E-state index is 0.128. The fraction of sp³-hybridized carbons (Fsp3) is 0.828. The Morgan fingerprint density at radius 2 is 1.84 bits per heavy atom. The van der Waals surface area contributed by atoms with Gasteiger partial charge in [0.15, 0.2) is 6.29 Å². The first-order chi connectivity index (χ1) is 15.1. The molecule has 32 heavy (non-hydrogen) atoms. The minimum atomic E-state index is -0.128. The molecule has 1 unspecified atom stereocenters. The van der Waals surface area contributed by atoms with Gasteiger partial charge in [-0.2, -0.15) is 0 Å². The summed E-state index contributed by atoms with van der Waals surface area (Å²) in [6, 6.07) is 0. The maximum Gasteiger partial charge on any atom is 0.155 e. The van der Waals surface area contributed by atoms with Gasteiger partial charge in [0.2, 0.25) is 0 Å². The van der Waals surface area contributed by atoms with Crippen LogP contribution in [0.2, 0.25) is 0 Å². The van der Waals surface area contributed by atoms with E-state index in [0.29, 0.717) is 30.8 Å². The van der Waals surface area contributed by atoms with Gasteiger partial charge in [0, 0.05) is 13.0 Å². The zero-order valence-corrected chi connectivity index (χ0v) is 21.6. The molecule has 3 heteroatoms. The summed E-state index contributed by atoms with van der Waals surface area (Å²) in [6.45, 7) is 17.0. The molecule has 0 heterocycles. The number of carbonyl (C=O) groups excluding carboxylic acids is 1. The molecule has 0 aromatic heterocycles. The van der Waals surface area contributed by atoms with E-state index >= 15 is 0 Å². The molecule has 0 saturated heterocycles. The van der Waals surface area contributed by atoms with Crippen molar-refractivity contribution >= 4 is 6.29 Å². The zero-order valence-electron chi connectivity index (χ0n) is 21.6. The molecule has 0 N–H and O–H groups in total. The Kier molecular flexibility index (Phi) is 6.57. The molecule has 0 bridgehead atoms. The molecule has 7 atom stereocenters. The van der Waals surface area contributed by atoms with Crippen molar-refractivity contribution in [1.82, 2.24) is 0 Å². The predicted octanol–water partition coefficient (Wildman–Crippen LogP) is 7.26. The average Bonchev–Trinajstić information content (AvgIpc) is 3.08. The summed E-state index contributed by atoms with van der Waals surface area (Å²) < 4.78 is 12.2. The lowest BCUT2D eigenvalue weighted by molar-refractivity contribution is -0.214. The maximum absolute atomic E-state index is 11.2. The van der Waals surface area contributed by atoms with Crippen molar-refractivity contribution in [1.29, 1.82) is 0 Å². The van der Waals surface area contributed by atoms with E-state index in [9.17, 15) is 4.79 Å². The zero-order chi connectivity index (χ0) is 23.3. The number of hydrogen-bond donors (Lipinski definition) is 0. The summed E-state index contributed by atoms with van der Waals surface area (Å²) in [6.07, 6.45) is 12.9. The van der Waals surface area contributed by atoms with Crippen LogP contribution in [0.4, 0.5) is 0 Å². The van der Waals surface area contributed by atoms with Crippen LogP contribution in [0.1, 0.15) is 99.8 Å². The monoisotopic (exact) mass is 442 g/mol. The van der Waals surface area contributed by atoms with Gasteiger partial charge >= 0.3 is 0 Å². The van der Waals surface area contributed by atoms with Crippen molar-refractivity contribution in [2.24, 2.45) is 34.0 Å². The summed E-state index contributed by atoms with van der Waals surface area (Å²) >= 11 is 0. The second-order valence-electron chi connectivity index (χ2n) is 12.2. The number of carbonyl (C=O) groups is 1. The van der Waals surface area contributed by atoms with Crippen LogP contribution < -0.4 is 0 Å². The van der Waals surface area contributed by atoms with Crippen LogP contribution in [-0.4, -0.2) is 25.3 Å². The molecule has 0 aromatic carbocycles. The fourth-order valence-corrected chi connectivity index (χ4v) is 8.63. The summed E-state index contributed by atoms with van der Waals surface area (Å²) in [5.74, 6) is 1.74. The van der Waals surface area contributed by atoms with Gasteiger partial charge in [-0.15, -0.1) is 0 Å². The van der Waals surface area contributed by atoms with Crippen molar-refractivity contribution < 1.29 is 14.3 Å². The van der Waals surface area contributed by atoms with Crippen molar-refractivity contribution in [3.63, 3.8) is 0 Å². The molecule has 0 amide bonds. The summed E-state index contributed by atoms with van der Waals surface area (Å²) in [5.41, 5.74) is 5.81. The van der Waals surface area contributed by atoms with Crippen LogP contribution in [0.15, 0.2) is 22.8 Å². The van der Waals surface area contributed by atoms with E-state index < -0.39 is 0 Å². The van der Waals surface area contributed by atoms with E-state index in [1.165, 1.54) is 32.1 Å². The maximum atomic E-state index is 11.2. The van der Waals surface area contributed by atoms with Gasteiger partial charge < -0.3 is 14.3 Å². The average molecular weight is 443 g/mol. The Balaban J connectivity index is 1.61. The van der Waals surface area contributed by atoms with Gasteiger partial charge in [-0.3, -0.25) is 0 Å². The summed E-state index contributed by atoms with van der Waals surface area (Å²) in [5, 5.41) is 0. The number of rotatable bonds is 7. The fourth-order valence-electron chi connectivity index (χ4n) is 8.63. The molecule has 0 spiro atoms. The first-order valence-electron chi connectivity index (χ1n) is 13.2. The minimum Gasteiger partial charge on any atom is -0.353 e. The quantitative estimate of drug-likeness (QED) is 0.307. The third kappa shape index (κ3) is 3.66. The van der Waals surface area contributed by atoms with Crippen LogP contribution >= 0.6 is 0 Å². The van der Waals surface area contributed by atoms with Crippen molar-refractivity contribution in [3.8, 4) is 0 Å². The highest BCUT2D eigenvalue weighted by molar-refractivity contribution is 5.52. The third-order valence-electron chi connectivity index (χ3n) is 10.3. The molecular formula is C29H46O3. The predicted molar refractivity (Wildman–Crippen MR) is 130 cm³/mol. The van der Waals surface area contributed by atoms with Gasteiger partial charge in [0.25, 0.3) is 0 Å². The topological polar surface area (TPSA) is 35.5 Å². The van der Waals surface area contributed by atoms with Gasteiger partial charge in [0.05, 0.1) is 6.10 Å². The van der Waals surface area contributed by atoms with Crippen LogP contribution in [0.25, 0.3) is 0 Å². The van der Waals surface area contributed by atoms with E-state index in [4.69, 9.17) is 9.47 Å². The molecule has 0 aliphatic heterocycles. The lowest BCUT2D eigenvalue weighted by Gasteiger charge is -2.60. The molecule has 0 radical (unpaired) electrons. The molecule has 4 aliphatic carbocycles. The number of allylic oxidation sites excluding steroid dienone is 4. The van der Waals surface area contributed by atoms with Crippen LogP contribution in [0.3, 0.4) is 0 Å². The Labute approximate surface area is 196 Å². The Hall–Kier alpha value is -0.930. The van der Waals surface area contributed by atoms with Crippen LogP contribution in [0.5, 0.6) is 0 Å². The van der Waals surface area contributed by atoms with Crippen molar-refractivity contribution in [2.75, 3.05) is 6.61 Å². The smallest absolute Gasteiger partial charge is 0.155 e. The second kappa shape index (κ2) is 8.69. The SMILES string of the molecule is CCOC(C)O[C@H]1CC[C@]2(C)C3=C(CC[C@H]2C1(C)C)C1=CC[C@H]([C@H](C)CC=O)[C@@]1(C)CC3. The van der Waals surface area contributed by atoms with Crippen molar-refractivity contribution in [2.45, 2.75) is 112 Å². The molecule has 4 aliphatic rings. The lowest BCUT2D eigenvalue weighted by atomic mass is 9.46. The number of hydrogen-bond acceptors (Lipinski definition) is 3. The standard InChI is InChI=1S/C29H46O3/c1-8-31-20(3)32-26-14-17-29(7)24-13-16-28(6)22(19(2)15-18-30)10-11-23(28)21(24)9-12-25(29)27(26,4)5/h11,18-20,22,25-26H,8-10,12-17H2,1-7H3/t19-,20?,22-,25+,26+,28-,29-/m1/s1. The van der Waals surface area contributed by atoms with Gasteiger partial charge in [-0.25, -0.2) is 0 Å². The summed E-state index contributed by atoms with van der Waals surface area (Å²) in [7, 11) is 0. The molecule has 1 saturated carbocycles. The van der Waals surface area contributed by atoms with E-state index in [2.05, 4.69) is 40.7 Å². The van der Waals surface area contributed by atoms with E-state index in [0.717, 1.165) is 19.1 Å². The molecule has 4 rings (SSSR count). The van der Waals surface area contributed by atoms with Crippen LogP contribution in [-0.2, 0) is 14.3 Å². The van der Waals surface area contributed by atoms with Gasteiger partial charge in [-0.1, -0.05) is 46.3 Å². The van der Waals surface area contributed by atoms with Gasteiger partial charge in [-0.05, 0) is 104 Å². The molecule has 1 fully saturated rings. The number of ether oxygens (including phenoxy) is 2. The third-order valence-corrected chi connectivity index (χ3v) is 10.3. The Morgan fingerprint density at radius 1 is 1.09 bits per heavy atom. The second-order valence-corrected chi connectivity index (χ2v) is 12.2. The first-order valence-corrected chi connectivity index (χ1v) is 13.2. The highest BCUT2D eigenvalue weighted by Gasteiger charge is 2.58. The summed E-state index contributed by atoms with van der Waals surface area (Å²) in [4.78, 5) is 11.2. The Bertz CT molecular complexity index is 792. The highest BCUT2D eigenvalue weighted by Crippen LogP contribution is 2.66. The van der Waals surface area contributed by atoms with E-state index in [1.54, 1.807) is 16.7 Å². The van der Waals surface area contributed by atoms with Gasteiger partial charge in [0.1, 0.15) is 6.29 Å². The molecule has 3 nitrogen and oxygen atoms in total. The van der Waals surface area contributed by atoms with E-state index in [1.807, 2.05) is 13.8 Å². The number of fused-ring (bicyclic) bond motifs is 4. The number of aldehydes is 1. The lowest BCUT2D eigenvalue weighted by Crippen LogP contribution is -2.54. The van der Waals surface area contributed by atoms with Crippen LogP contribution in [0, 0.1) is 34.0 Å². The van der Waals surface area contributed by atoms with Crippen molar-refractivity contribution in [3.05, 3.63) is 22.8 Å². The van der Waals surface area contributed by atoms with E-state index in [-0.39, 0.29) is 28.6 Å². The molecule has 180 valence electrons. The molecular weight excluding hydrogens is 396 g/mol. The highest BCUT2D eigenvalue weighted by atomic mass is 16.7. The first kappa shape index (κ1) is 24.2. The molecule has 0 aromatic rings. The Morgan fingerprint density at radius 3 is 2.53 bits per heavy atom. The largest absolute Gasteiger partial charge is 0.353 e. The normalized spacial score (nSPS) is 40.1.